The Hall–Kier alpha value is -2.11. The SMILES string of the molecule is CC/C=C\C/C=C\CC(=O)OCC(COC(=O)CC)OC(=O)CC. The predicted octanol–water partition coefficient (Wildman–Crippen LogP) is 3.11. The maximum absolute atomic E-state index is 11.6. The minimum atomic E-state index is -0.784. The molecule has 0 saturated carbocycles. The van der Waals surface area contributed by atoms with Crippen LogP contribution in [0.3, 0.4) is 0 Å². The van der Waals surface area contributed by atoms with Crippen molar-refractivity contribution in [3.05, 3.63) is 24.3 Å². The highest BCUT2D eigenvalue weighted by molar-refractivity contribution is 5.71. The number of allylic oxidation sites excluding steroid dienone is 3. The van der Waals surface area contributed by atoms with Crippen molar-refractivity contribution in [2.75, 3.05) is 13.2 Å². The van der Waals surface area contributed by atoms with Gasteiger partial charge in [-0.2, -0.15) is 0 Å². The molecular formula is C18H28O6. The number of hydrogen-bond donors (Lipinski definition) is 0. The number of carbonyl (C=O) groups excluding carboxylic acids is 3. The molecule has 0 aromatic carbocycles. The summed E-state index contributed by atoms with van der Waals surface area (Å²) in [6, 6.07) is 0. The first-order chi connectivity index (χ1) is 11.5. The fourth-order valence-corrected chi connectivity index (χ4v) is 1.54. The molecule has 0 fully saturated rings. The molecule has 0 aliphatic rings. The molecule has 136 valence electrons. The average Bonchev–Trinajstić information content (AvgIpc) is 2.59. The van der Waals surface area contributed by atoms with E-state index in [1.54, 1.807) is 19.9 Å². The molecule has 0 heterocycles. The second kappa shape index (κ2) is 14.5. The van der Waals surface area contributed by atoms with Crippen molar-refractivity contribution in [1.82, 2.24) is 0 Å². The summed E-state index contributed by atoms with van der Waals surface area (Å²) in [6.07, 6.45) is 9.21. The van der Waals surface area contributed by atoms with Crippen LogP contribution in [0.4, 0.5) is 0 Å². The molecule has 0 rings (SSSR count). The molecule has 0 aromatic rings. The lowest BCUT2D eigenvalue weighted by Gasteiger charge is -2.17. The lowest BCUT2D eigenvalue weighted by atomic mass is 10.3. The Morgan fingerprint density at radius 1 is 0.792 bits per heavy atom. The molecule has 0 amide bonds. The standard InChI is InChI=1S/C18H28O6/c1-4-7-8-9-10-11-12-18(21)23-14-15(24-17(20)6-3)13-22-16(19)5-2/h7-8,10-11,15H,4-6,9,12-14H2,1-3H3/b8-7-,11-10-. The minimum Gasteiger partial charge on any atom is -0.462 e. The number of ether oxygens (including phenoxy) is 3. The van der Waals surface area contributed by atoms with Crippen LogP contribution < -0.4 is 0 Å². The van der Waals surface area contributed by atoms with Crippen LogP contribution in [0.5, 0.6) is 0 Å². The molecule has 1 unspecified atom stereocenters. The third-order valence-electron chi connectivity index (χ3n) is 2.86. The zero-order chi connectivity index (χ0) is 18.2. The van der Waals surface area contributed by atoms with Crippen LogP contribution in [0.2, 0.25) is 0 Å². The van der Waals surface area contributed by atoms with E-state index in [0.717, 1.165) is 12.8 Å². The first-order valence-corrected chi connectivity index (χ1v) is 8.34. The molecule has 1 atom stereocenters. The molecule has 6 heteroatoms. The quantitative estimate of drug-likeness (QED) is 0.308. The van der Waals surface area contributed by atoms with Gasteiger partial charge in [-0.05, 0) is 12.8 Å². The van der Waals surface area contributed by atoms with Crippen molar-refractivity contribution in [2.45, 2.75) is 59.0 Å². The normalized spacial score (nSPS) is 12.3. The zero-order valence-corrected chi connectivity index (χ0v) is 14.8. The molecule has 0 spiro atoms. The van der Waals surface area contributed by atoms with Crippen molar-refractivity contribution in [2.24, 2.45) is 0 Å². The van der Waals surface area contributed by atoms with Crippen LogP contribution in [0.25, 0.3) is 0 Å². The Kier molecular flexibility index (Phi) is 13.2. The van der Waals surface area contributed by atoms with Gasteiger partial charge in [0.2, 0.25) is 0 Å². The summed E-state index contributed by atoms with van der Waals surface area (Å²) in [5.41, 5.74) is 0. The Labute approximate surface area is 143 Å². The summed E-state index contributed by atoms with van der Waals surface area (Å²) in [5, 5.41) is 0. The zero-order valence-electron chi connectivity index (χ0n) is 14.8. The Morgan fingerprint density at radius 2 is 1.38 bits per heavy atom. The van der Waals surface area contributed by atoms with Gasteiger partial charge in [0.25, 0.3) is 0 Å². The smallest absolute Gasteiger partial charge is 0.309 e. The lowest BCUT2D eigenvalue weighted by Crippen LogP contribution is -2.30. The van der Waals surface area contributed by atoms with E-state index in [1.807, 2.05) is 18.2 Å². The van der Waals surface area contributed by atoms with Gasteiger partial charge in [-0.15, -0.1) is 0 Å². The molecule has 0 saturated heterocycles. The van der Waals surface area contributed by atoms with E-state index < -0.39 is 24.0 Å². The maximum atomic E-state index is 11.6. The Balaban J connectivity index is 4.21. The van der Waals surface area contributed by atoms with Crippen molar-refractivity contribution in [3.63, 3.8) is 0 Å². The second-order valence-corrected chi connectivity index (χ2v) is 4.98. The van der Waals surface area contributed by atoms with Crippen molar-refractivity contribution in [3.8, 4) is 0 Å². The second-order valence-electron chi connectivity index (χ2n) is 4.98. The summed E-state index contributed by atoms with van der Waals surface area (Å²) < 4.78 is 15.1. The minimum absolute atomic E-state index is 0.122. The summed E-state index contributed by atoms with van der Waals surface area (Å²) in [4.78, 5) is 34.2. The topological polar surface area (TPSA) is 78.9 Å². The van der Waals surface area contributed by atoms with Crippen LogP contribution in [0.15, 0.2) is 24.3 Å². The van der Waals surface area contributed by atoms with Gasteiger partial charge in [-0.25, -0.2) is 0 Å². The van der Waals surface area contributed by atoms with Crippen LogP contribution >= 0.6 is 0 Å². The Bertz CT molecular complexity index is 439. The van der Waals surface area contributed by atoms with E-state index in [1.165, 1.54) is 0 Å². The van der Waals surface area contributed by atoms with E-state index in [0.29, 0.717) is 0 Å². The van der Waals surface area contributed by atoms with Gasteiger partial charge in [-0.3, -0.25) is 14.4 Å². The van der Waals surface area contributed by atoms with Gasteiger partial charge in [0.15, 0.2) is 6.10 Å². The average molecular weight is 340 g/mol. The fourth-order valence-electron chi connectivity index (χ4n) is 1.54. The van der Waals surface area contributed by atoms with Gasteiger partial charge in [-0.1, -0.05) is 45.1 Å². The van der Waals surface area contributed by atoms with Crippen molar-refractivity contribution >= 4 is 17.9 Å². The van der Waals surface area contributed by atoms with Gasteiger partial charge >= 0.3 is 17.9 Å². The highest BCUT2D eigenvalue weighted by atomic mass is 16.6. The van der Waals surface area contributed by atoms with E-state index in [4.69, 9.17) is 14.2 Å². The fraction of sp³-hybridized carbons (Fsp3) is 0.611. The van der Waals surface area contributed by atoms with Crippen LogP contribution in [0, 0.1) is 0 Å². The third kappa shape index (κ3) is 12.4. The summed E-state index contributed by atoms with van der Waals surface area (Å²) in [5.74, 6) is -1.27. The highest BCUT2D eigenvalue weighted by Gasteiger charge is 2.18. The van der Waals surface area contributed by atoms with E-state index in [9.17, 15) is 14.4 Å². The van der Waals surface area contributed by atoms with Crippen molar-refractivity contribution in [1.29, 1.82) is 0 Å². The molecular weight excluding hydrogens is 312 g/mol. The number of esters is 3. The van der Waals surface area contributed by atoms with Gasteiger partial charge in [0.1, 0.15) is 13.2 Å². The number of carbonyl (C=O) groups is 3. The molecule has 0 aliphatic carbocycles. The molecule has 0 radical (unpaired) electrons. The maximum Gasteiger partial charge on any atom is 0.309 e. The highest BCUT2D eigenvalue weighted by Crippen LogP contribution is 2.01. The van der Waals surface area contributed by atoms with Crippen LogP contribution in [0.1, 0.15) is 52.9 Å². The molecule has 0 N–H and O–H groups in total. The Morgan fingerprint density at radius 3 is 1.96 bits per heavy atom. The number of rotatable bonds is 12. The summed E-state index contributed by atoms with van der Waals surface area (Å²) in [6.45, 7) is 5.12. The molecule has 0 aliphatic heterocycles. The van der Waals surface area contributed by atoms with Gasteiger partial charge < -0.3 is 14.2 Å². The van der Waals surface area contributed by atoms with Gasteiger partial charge in [0, 0.05) is 12.8 Å². The van der Waals surface area contributed by atoms with E-state index in [-0.39, 0.29) is 32.5 Å². The predicted molar refractivity (Wildman–Crippen MR) is 90.2 cm³/mol. The first kappa shape index (κ1) is 21.9. The lowest BCUT2D eigenvalue weighted by molar-refractivity contribution is -0.166. The van der Waals surface area contributed by atoms with Crippen LogP contribution in [-0.4, -0.2) is 37.2 Å². The third-order valence-corrected chi connectivity index (χ3v) is 2.86. The van der Waals surface area contributed by atoms with Crippen molar-refractivity contribution < 1.29 is 28.6 Å². The monoisotopic (exact) mass is 340 g/mol. The van der Waals surface area contributed by atoms with Crippen LogP contribution in [-0.2, 0) is 28.6 Å². The summed E-state index contributed by atoms with van der Waals surface area (Å²) >= 11 is 0. The summed E-state index contributed by atoms with van der Waals surface area (Å²) in [7, 11) is 0. The molecule has 0 aromatic heterocycles. The number of hydrogen-bond acceptors (Lipinski definition) is 6. The largest absolute Gasteiger partial charge is 0.462 e. The first-order valence-electron chi connectivity index (χ1n) is 8.34. The molecule has 0 bridgehead atoms. The van der Waals surface area contributed by atoms with E-state index in [2.05, 4.69) is 6.92 Å². The van der Waals surface area contributed by atoms with E-state index >= 15 is 0 Å². The van der Waals surface area contributed by atoms with Gasteiger partial charge in [0.05, 0.1) is 6.42 Å². The molecule has 6 nitrogen and oxygen atoms in total. The molecule has 24 heavy (non-hydrogen) atoms.